The number of methoxy groups -OCH3 is 1. The Hall–Kier alpha value is -3.09. The van der Waals surface area contributed by atoms with Crippen molar-refractivity contribution in [2.45, 2.75) is 33.6 Å². The number of ether oxygens (including phenoxy) is 1. The molecule has 0 aliphatic heterocycles. The van der Waals surface area contributed by atoms with Crippen LogP contribution in [-0.4, -0.2) is 29.9 Å². The minimum absolute atomic E-state index is 0.135. The molecule has 0 atom stereocenters. The molecule has 1 aliphatic carbocycles. The normalized spacial score (nSPS) is 16.7. The number of carbonyl (C=O) groups excluding carboxylic acids is 2. The molecule has 7 nitrogen and oxygen atoms in total. The molecule has 27 heavy (non-hydrogen) atoms. The summed E-state index contributed by atoms with van der Waals surface area (Å²) in [5, 5.41) is 15.5. The first-order chi connectivity index (χ1) is 12.8. The van der Waals surface area contributed by atoms with Crippen LogP contribution < -0.4 is 5.32 Å². The van der Waals surface area contributed by atoms with E-state index in [0.29, 0.717) is 41.1 Å². The van der Waals surface area contributed by atoms with Crippen LogP contribution in [0.5, 0.6) is 0 Å². The topological polar surface area (TPSA) is 101 Å². The van der Waals surface area contributed by atoms with Gasteiger partial charge in [-0.25, -0.2) is 4.79 Å². The summed E-state index contributed by atoms with van der Waals surface area (Å²) in [6.45, 7) is 5.85. The third kappa shape index (κ3) is 3.45. The molecule has 7 heteroatoms. The second kappa shape index (κ2) is 6.90. The van der Waals surface area contributed by atoms with E-state index in [2.05, 4.69) is 10.5 Å². The molecule has 1 amide bonds. The number of esters is 1. The Balaban J connectivity index is 1.97. The molecule has 2 N–H and O–H groups in total. The number of nitrogens with zero attached hydrogens (tertiary/aromatic N) is 1. The third-order valence-electron chi connectivity index (χ3n) is 4.70. The number of furan rings is 1. The fraction of sp³-hybridized carbons (Fsp3) is 0.350. The van der Waals surface area contributed by atoms with Crippen LogP contribution in [0.25, 0.3) is 0 Å². The maximum absolute atomic E-state index is 12.8. The number of hydrogen-bond acceptors (Lipinski definition) is 6. The van der Waals surface area contributed by atoms with E-state index in [-0.39, 0.29) is 16.7 Å². The molecule has 0 bridgehead atoms. The molecule has 0 saturated carbocycles. The maximum Gasteiger partial charge on any atom is 0.339 e. The summed E-state index contributed by atoms with van der Waals surface area (Å²) in [7, 11) is 1.28. The lowest BCUT2D eigenvalue weighted by Gasteiger charge is -2.28. The van der Waals surface area contributed by atoms with Gasteiger partial charge in [0.2, 0.25) is 0 Å². The molecular weight excluding hydrogens is 348 g/mol. The summed E-state index contributed by atoms with van der Waals surface area (Å²) in [6.07, 6.45) is 1.22. The SMILES string of the molecule is COC(=O)c1ccccc1NC(=O)c1oc2c(c1C)/C(=N\O)CC(C)(C)C2. The Labute approximate surface area is 157 Å². The van der Waals surface area contributed by atoms with E-state index in [4.69, 9.17) is 9.15 Å². The highest BCUT2D eigenvalue weighted by atomic mass is 16.5. The number of benzene rings is 1. The number of oxime groups is 1. The zero-order chi connectivity index (χ0) is 19.8. The summed E-state index contributed by atoms with van der Waals surface area (Å²) < 4.78 is 10.6. The molecule has 1 heterocycles. The molecule has 1 aliphatic rings. The molecule has 2 aromatic rings. The number of fused-ring (bicyclic) bond motifs is 1. The minimum Gasteiger partial charge on any atom is -0.465 e. The molecule has 1 aromatic heterocycles. The lowest BCUT2D eigenvalue weighted by Crippen LogP contribution is -2.27. The Kier molecular flexibility index (Phi) is 4.78. The van der Waals surface area contributed by atoms with Gasteiger partial charge in [-0.1, -0.05) is 31.1 Å². The smallest absolute Gasteiger partial charge is 0.339 e. The van der Waals surface area contributed by atoms with Crippen LogP contribution in [0.1, 0.15) is 58.1 Å². The Morgan fingerprint density at radius 2 is 1.96 bits per heavy atom. The van der Waals surface area contributed by atoms with Crippen LogP contribution in [-0.2, 0) is 11.2 Å². The van der Waals surface area contributed by atoms with Gasteiger partial charge in [0.05, 0.1) is 24.1 Å². The average molecular weight is 370 g/mol. The Morgan fingerprint density at radius 1 is 1.26 bits per heavy atom. The van der Waals surface area contributed by atoms with E-state index in [9.17, 15) is 14.8 Å². The first-order valence-electron chi connectivity index (χ1n) is 8.59. The van der Waals surface area contributed by atoms with Gasteiger partial charge in [-0.2, -0.15) is 0 Å². The number of hydrogen-bond donors (Lipinski definition) is 2. The van der Waals surface area contributed by atoms with Gasteiger partial charge >= 0.3 is 5.97 Å². The average Bonchev–Trinajstić information content (AvgIpc) is 2.96. The van der Waals surface area contributed by atoms with Crippen molar-refractivity contribution in [3.8, 4) is 0 Å². The van der Waals surface area contributed by atoms with Crippen LogP contribution in [0, 0.1) is 12.3 Å². The molecule has 1 aromatic carbocycles. The second-order valence-corrected chi connectivity index (χ2v) is 7.41. The van der Waals surface area contributed by atoms with Gasteiger partial charge in [0.15, 0.2) is 5.76 Å². The maximum atomic E-state index is 12.8. The Morgan fingerprint density at radius 3 is 2.63 bits per heavy atom. The number of carbonyl (C=O) groups is 2. The standard InChI is InChI=1S/C20H22N2O5/c1-11-16-14(22-25)9-20(2,3)10-15(16)27-17(11)18(23)21-13-8-6-5-7-12(13)19(24)26-4/h5-8,25H,9-10H2,1-4H3,(H,21,23)/b22-14-. The van der Waals surface area contributed by atoms with E-state index >= 15 is 0 Å². The van der Waals surface area contributed by atoms with E-state index in [0.717, 1.165) is 0 Å². The Bertz CT molecular complexity index is 940. The minimum atomic E-state index is -0.544. The van der Waals surface area contributed by atoms with Gasteiger partial charge in [0, 0.05) is 17.5 Å². The number of anilines is 1. The van der Waals surface area contributed by atoms with Crippen LogP contribution in [0.4, 0.5) is 5.69 Å². The summed E-state index contributed by atoms with van der Waals surface area (Å²) in [6, 6.07) is 6.58. The highest BCUT2D eigenvalue weighted by Gasteiger charge is 2.36. The highest BCUT2D eigenvalue weighted by Crippen LogP contribution is 2.39. The van der Waals surface area contributed by atoms with Gasteiger partial charge in [0.1, 0.15) is 5.76 Å². The van der Waals surface area contributed by atoms with E-state index in [1.165, 1.54) is 7.11 Å². The van der Waals surface area contributed by atoms with Gasteiger partial charge in [-0.3, -0.25) is 4.79 Å². The van der Waals surface area contributed by atoms with Crippen molar-refractivity contribution in [1.82, 2.24) is 0 Å². The fourth-order valence-corrected chi connectivity index (χ4v) is 3.48. The quantitative estimate of drug-likeness (QED) is 0.486. The monoisotopic (exact) mass is 370 g/mol. The van der Waals surface area contributed by atoms with Crippen molar-refractivity contribution >= 4 is 23.3 Å². The van der Waals surface area contributed by atoms with Crippen LogP contribution in [0.15, 0.2) is 33.8 Å². The van der Waals surface area contributed by atoms with E-state index < -0.39 is 11.9 Å². The predicted molar refractivity (Wildman–Crippen MR) is 99.6 cm³/mol. The van der Waals surface area contributed by atoms with Gasteiger partial charge in [0.25, 0.3) is 5.91 Å². The number of nitrogens with one attached hydrogen (secondary N) is 1. The number of para-hydroxylation sites is 1. The van der Waals surface area contributed by atoms with Gasteiger partial charge < -0.3 is 19.7 Å². The van der Waals surface area contributed by atoms with Crippen molar-refractivity contribution in [3.05, 3.63) is 52.5 Å². The fourth-order valence-electron chi connectivity index (χ4n) is 3.48. The van der Waals surface area contributed by atoms with Crippen molar-refractivity contribution in [1.29, 1.82) is 0 Å². The van der Waals surface area contributed by atoms with Crippen molar-refractivity contribution in [2.24, 2.45) is 10.6 Å². The molecule has 3 rings (SSSR count). The van der Waals surface area contributed by atoms with Crippen molar-refractivity contribution in [2.75, 3.05) is 12.4 Å². The summed E-state index contributed by atoms with van der Waals surface area (Å²) in [5.74, 6) is -0.257. The van der Waals surface area contributed by atoms with Crippen molar-refractivity contribution < 1.29 is 24.0 Å². The van der Waals surface area contributed by atoms with E-state index in [1.807, 2.05) is 13.8 Å². The largest absolute Gasteiger partial charge is 0.465 e. The summed E-state index contributed by atoms with van der Waals surface area (Å²) in [5.41, 5.74) is 2.26. The van der Waals surface area contributed by atoms with Crippen molar-refractivity contribution in [3.63, 3.8) is 0 Å². The molecule has 142 valence electrons. The van der Waals surface area contributed by atoms with Gasteiger partial charge in [-0.15, -0.1) is 0 Å². The highest BCUT2D eigenvalue weighted by molar-refractivity contribution is 6.10. The number of amides is 1. The summed E-state index contributed by atoms with van der Waals surface area (Å²) in [4.78, 5) is 24.7. The molecule has 0 saturated heterocycles. The third-order valence-corrected chi connectivity index (χ3v) is 4.70. The molecule has 0 spiro atoms. The van der Waals surface area contributed by atoms with Crippen LogP contribution in [0.2, 0.25) is 0 Å². The zero-order valence-electron chi connectivity index (χ0n) is 15.8. The first-order valence-corrected chi connectivity index (χ1v) is 8.59. The zero-order valence-corrected chi connectivity index (χ0v) is 15.8. The summed E-state index contributed by atoms with van der Waals surface area (Å²) >= 11 is 0. The molecule has 0 unspecified atom stereocenters. The second-order valence-electron chi connectivity index (χ2n) is 7.41. The molecular formula is C20H22N2O5. The molecule has 0 radical (unpaired) electrons. The first kappa shape index (κ1) is 18.7. The van der Waals surface area contributed by atoms with Gasteiger partial charge in [-0.05, 0) is 30.9 Å². The lowest BCUT2D eigenvalue weighted by molar-refractivity contribution is 0.0602. The van der Waals surface area contributed by atoms with Crippen LogP contribution in [0.3, 0.4) is 0 Å². The predicted octanol–water partition coefficient (Wildman–Crippen LogP) is 3.78. The lowest BCUT2D eigenvalue weighted by atomic mass is 9.75. The molecule has 0 fully saturated rings. The van der Waals surface area contributed by atoms with Crippen LogP contribution >= 0.6 is 0 Å². The van der Waals surface area contributed by atoms with E-state index in [1.54, 1.807) is 31.2 Å². The number of rotatable bonds is 3.